The van der Waals surface area contributed by atoms with Crippen LogP contribution in [0.3, 0.4) is 0 Å². The molecule has 0 saturated carbocycles. The molecular weight excluding hydrogens is 196 g/mol. The zero-order valence-corrected chi connectivity index (χ0v) is 8.53. The van der Waals surface area contributed by atoms with Crippen molar-refractivity contribution in [2.24, 2.45) is 5.73 Å². The summed E-state index contributed by atoms with van der Waals surface area (Å²) in [4.78, 5) is 14.5. The van der Waals surface area contributed by atoms with Gasteiger partial charge in [0, 0.05) is 23.7 Å². The third-order valence-electron chi connectivity index (χ3n) is 2.22. The van der Waals surface area contributed by atoms with Crippen LogP contribution in [0, 0.1) is 6.92 Å². The van der Waals surface area contributed by atoms with E-state index in [4.69, 9.17) is 10.8 Å². The number of nitrogens with two attached hydrogens (primary N) is 1. The molecule has 82 valence electrons. The second kappa shape index (κ2) is 4.75. The van der Waals surface area contributed by atoms with E-state index < -0.39 is 5.91 Å². The van der Waals surface area contributed by atoms with Gasteiger partial charge in [0.25, 0.3) is 0 Å². The molecule has 1 heterocycles. The SMILES string of the molecule is Cc1ncc(CO)c(CCC(N)=O)c1O. The van der Waals surface area contributed by atoms with Crippen LogP contribution in [0.1, 0.15) is 23.2 Å². The standard InChI is InChI=1S/C10H14N2O3/c1-6-10(15)8(2-3-9(11)14)7(5-13)4-12-6/h4,13,15H,2-3,5H2,1H3,(H2,11,14). The first kappa shape index (κ1) is 11.5. The van der Waals surface area contributed by atoms with Gasteiger partial charge in [0.15, 0.2) is 0 Å². The zero-order chi connectivity index (χ0) is 11.4. The number of aliphatic hydroxyl groups excluding tert-OH is 1. The number of pyridine rings is 1. The molecular formula is C10H14N2O3. The quantitative estimate of drug-likeness (QED) is 0.652. The number of amides is 1. The van der Waals surface area contributed by atoms with Crippen molar-refractivity contribution >= 4 is 5.91 Å². The van der Waals surface area contributed by atoms with E-state index >= 15 is 0 Å². The Labute approximate surface area is 87.6 Å². The number of hydrogen-bond donors (Lipinski definition) is 3. The highest BCUT2D eigenvalue weighted by Crippen LogP contribution is 2.24. The van der Waals surface area contributed by atoms with Crippen LogP contribution in [0.25, 0.3) is 0 Å². The number of rotatable bonds is 4. The lowest BCUT2D eigenvalue weighted by Gasteiger charge is -2.10. The Morgan fingerprint density at radius 3 is 2.80 bits per heavy atom. The molecule has 0 aliphatic heterocycles. The molecule has 0 unspecified atom stereocenters. The summed E-state index contributed by atoms with van der Waals surface area (Å²) in [7, 11) is 0. The van der Waals surface area contributed by atoms with Gasteiger partial charge in [-0.1, -0.05) is 0 Å². The fraction of sp³-hybridized carbons (Fsp3) is 0.400. The van der Waals surface area contributed by atoms with Crippen LogP contribution in [0.15, 0.2) is 6.20 Å². The van der Waals surface area contributed by atoms with Crippen LogP contribution in [-0.4, -0.2) is 21.1 Å². The van der Waals surface area contributed by atoms with Crippen molar-refractivity contribution in [3.05, 3.63) is 23.0 Å². The molecule has 1 aromatic heterocycles. The van der Waals surface area contributed by atoms with Crippen molar-refractivity contribution in [3.63, 3.8) is 0 Å². The predicted octanol–water partition coefficient (Wildman–Crippen LogP) is 0.00582. The van der Waals surface area contributed by atoms with Crippen LogP contribution >= 0.6 is 0 Å². The van der Waals surface area contributed by atoms with E-state index in [1.807, 2.05) is 0 Å². The number of aryl methyl sites for hydroxylation is 1. The molecule has 5 heteroatoms. The van der Waals surface area contributed by atoms with E-state index in [1.54, 1.807) is 6.92 Å². The van der Waals surface area contributed by atoms with Crippen LogP contribution in [0.4, 0.5) is 0 Å². The Bertz CT molecular complexity index is 377. The second-order valence-electron chi connectivity index (χ2n) is 3.32. The smallest absolute Gasteiger partial charge is 0.217 e. The summed E-state index contributed by atoms with van der Waals surface area (Å²) >= 11 is 0. The fourth-order valence-corrected chi connectivity index (χ4v) is 1.35. The Morgan fingerprint density at radius 1 is 1.60 bits per heavy atom. The summed E-state index contributed by atoms with van der Waals surface area (Å²) in [6, 6.07) is 0. The normalized spacial score (nSPS) is 10.3. The molecule has 0 atom stereocenters. The number of aromatic hydroxyl groups is 1. The first-order valence-corrected chi connectivity index (χ1v) is 4.61. The van der Waals surface area contributed by atoms with Crippen molar-refractivity contribution in [1.29, 1.82) is 0 Å². The first-order chi connectivity index (χ1) is 7.06. The molecule has 15 heavy (non-hydrogen) atoms. The average Bonchev–Trinajstić information content (AvgIpc) is 2.20. The number of hydrogen-bond acceptors (Lipinski definition) is 4. The Kier molecular flexibility index (Phi) is 3.62. The predicted molar refractivity (Wildman–Crippen MR) is 54.1 cm³/mol. The highest BCUT2D eigenvalue weighted by atomic mass is 16.3. The summed E-state index contributed by atoms with van der Waals surface area (Å²) < 4.78 is 0. The summed E-state index contributed by atoms with van der Waals surface area (Å²) in [6.45, 7) is 1.44. The lowest BCUT2D eigenvalue weighted by molar-refractivity contribution is -0.117. The van der Waals surface area contributed by atoms with E-state index in [0.717, 1.165) is 0 Å². The maximum atomic E-state index is 10.6. The highest BCUT2D eigenvalue weighted by molar-refractivity contribution is 5.74. The average molecular weight is 210 g/mol. The minimum atomic E-state index is -0.437. The Morgan fingerprint density at radius 2 is 2.27 bits per heavy atom. The van der Waals surface area contributed by atoms with Crippen LogP contribution in [-0.2, 0) is 17.8 Å². The molecule has 0 saturated heterocycles. The van der Waals surface area contributed by atoms with Gasteiger partial charge in [0.05, 0.1) is 12.3 Å². The molecule has 1 aromatic rings. The largest absolute Gasteiger partial charge is 0.506 e. The molecule has 0 radical (unpaired) electrons. The number of nitrogens with zero attached hydrogens (tertiary/aromatic N) is 1. The molecule has 5 nitrogen and oxygen atoms in total. The zero-order valence-electron chi connectivity index (χ0n) is 8.53. The van der Waals surface area contributed by atoms with E-state index in [1.165, 1.54) is 6.20 Å². The monoisotopic (exact) mass is 210 g/mol. The molecule has 0 spiro atoms. The maximum absolute atomic E-state index is 10.6. The minimum Gasteiger partial charge on any atom is -0.506 e. The van der Waals surface area contributed by atoms with Crippen LogP contribution in [0.2, 0.25) is 0 Å². The molecule has 0 aliphatic rings. The molecule has 4 N–H and O–H groups in total. The molecule has 1 amide bonds. The number of carbonyl (C=O) groups excluding carboxylic acids is 1. The number of aliphatic hydroxyl groups is 1. The summed E-state index contributed by atoms with van der Waals surface area (Å²) in [6.07, 6.45) is 1.95. The van der Waals surface area contributed by atoms with Gasteiger partial charge in [-0.15, -0.1) is 0 Å². The van der Waals surface area contributed by atoms with Gasteiger partial charge in [0.2, 0.25) is 5.91 Å². The third-order valence-corrected chi connectivity index (χ3v) is 2.22. The molecule has 1 rings (SSSR count). The van der Waals surface area contributed by atoms with Crippen molar-refractivity contribution in [1.82, 2.24) is 4.98 Å². The summed E-state index contributed by atoms with van der Waals surface area (Å²) in [5.74, 6) is -0.407. The highest BCUT2D eigenvalue weighted by Gasteiger charge is 2.11. The van der Waals surface area contributed by atoms with Crippen molar-refractivity contribution in [2.45, 2.75) is 26.4 Å². The van der Waals surface area contributed by atoms with Gasteiger partial charge in [-0.2, -0.15) is 0 Å². The van der Waals surface area contributed by atoms with E-state index in [2.05, 4.69) is 4.98 Å². The van der Waals surface area contributed by atoms with Crippen LogP contribution in [0.5, 0.6) is 5.75 Å². The lowest BCUT2D eigenvalue weighted by atomic mass is 10.0. The topological polar surface area (TPSA) is 96.4 Å². The van der Waals surface area contributed by atoms with Gasteiger partial charge in [-0.25, -0.2) is 0 Å². The van der Waals surface area contributed by atoms with Gasteiger partial charge in [-0.05, 0) is 13.3 Å². The minimum absolute atomic E-state index is 0.0304. The Hall–Kier alpha value is -1.62. The van der Waals surface area contributed by atoms with E-state index in [0.29, 0.717) is 23.2 Å². The van der Waals surface area contributed by atoms with Crippen molar-refractivity contribution < 1.29 is 15.0 Å². The summed E-state index contributed by atoms with van der Waals surface area (Å²) in [5, 5.41) is 18.7. The van der Waals surface area contributed by atoms with Gasteiger partial charge >= 0.3 is 0 Å². The van der Waals surface area contributed by atoms with Gasteiger partial charge < -0.3 is 15.9 Å². The number of aromatic nitrogens is 1. The molecule has 0 bridgehead atoms. The molecule has 0 aliphatic carbocycles. The van der Waals surface area contributed by atoms with E-state index in [-0.39, 0.29) is 18.8 Å². The lowest BCUT2D eigenvalue weighted by Crippen LogP contribution is -2.12. The number of carbonyl (C=O) groups is 1. The van der Waals surface area contributed by atoms with Gasteiger partial charge in [-0.3, -0.25) is 9.78 Å². The van der Waals surface area contributed by atoms with Gasteiger partial charge in [0.1, 0.15) is 5.75 Å². The van der Waals surface area contributed by atoms with E-state index in [9.17, 15) is 9.90 Å². The second-order valence-corrected chi connectivity index (χ2v) is 3.32. The van der Waals surface area contributed by atoms with Crippen molar-refractivity contribution in [2.75, 3.05) is 0 Å². The molecule has 0 fully saturated rings. The Balaban J connectivity index is 3.01. The number of primary amides is 1. The first-order valence-electron chi connectivity index (χ1n) is 4.61. The maximum Gasteiger partial charge on any atom is 0.217 e. The summed E-state index contributed by atoms with van der Waals surface area (Å²) in [5.41, 5.74) is 6.57. The van der Waals surface area contributed by atoms with Crippen molar-refractivity contribution in [3.8, 4) is 5.75 Å². The molecule has 0 aromatic carbocycles. The third kappa shape index (κ3) is 2.66. The fourth-order valence-electron chi connectivity index (χ4n) is 1.35. The van der Waals surface area contributed by atoms with Crippen LogP contribution < -0.4 is 5.73 Å².